The minimum Gasteiger partial charge on any atom is -0.492 e. The number of pyridine rings is 1. The lowest BCUT2D eigenvalue weighted by Crippen LogP contribution is -2.24. The highest BCUT2D eigenvalue weighted by Crippen LogP contribution is 2.21. The first-order chi connectivity index (χ1) is 11.6. The molecule has 0 bridgehead atoms. The van der Waals surface area contributed by atoms with Crippen LogP contribution in [0.4, 0.5) is 0 Å². The van der Waals surface area contributed by atoms with E-state index in [2.05, 4.69) is 10.1 Å². The Morgan fingerprint density at radius 2 is 1.83 bits per heavy atom. The van der Waals surface area contributed by atoms with Crippen LogP contribution in [0.5, 0.6) is 5.88 Å². The highest BCUT2D eigenvalue weighted by Gasteiger charge is 2.17. The summed E-state index contributed by atoms with van der Waals surface area (Å²) in [7, 11) is 0. The molecule has 0 aliphatic rings. The van der Waals surface area contributed by atoms with Crippen LogP contribution >= 0.6 is 11.6 Å². The summed E-state index contributed by atoms with van der Waals surface area (Å²) in [6.45, 7) is 0. The molecule has 24 heavy (non-hydrogen) atoms. The maximum absolute atomic E-state index is 12.7. The summed E-state index contributed by atoms with van der Waals surface area (Å²) in [4.78, 5) is 28.2. The Kier molecular flexibility index (Phi) is 3.14. The minimum atomic E-state index is -0.534. The van der Waals surface area contributed by atoms with E-state index in [-0.39, 0.29) is 10.9 Å². The molecule has 0 saturated heterocycles. The summed E-state index contributed by atoms with van der Waals surface area (Å²) in [6, 6.07) is 13.3. The third-order valence-electron chi connectivity index (χ3n) is 3.79. The number of hydrogen-bond donors (Lipinski definition) is 2. The molecule has 0 fully saturated rings. The molecule has 0 aliphatic carbocycles. The summed E-state index contributed by atoms with van der Waals surface area (Å²) in [5, 5.41) is 14.7. The molecule has 0 radical (unpaired) electrons. The Morgan fingerprint density at radius 1 is 1.08 bits per heavy atom. The van der Waals surface area contributed by atoms with Crippen molar-refractivity contribution >= 4 is 33.4 Å². The molecule has 6 nitrogen and oxygen atoms in total. The van der Waals surface area contributed by atoms with Gasteiger partial charge in [0.15, 0.2) is 0 Å². The number of aromatic amines is 1. The van der Waals surface area contributed by atoms with Gasteiger partial charge in [-0.05, 0) is 30.3 Å². The third kappa shape index (κ3) is 2.08. The van der Waals surface area contributed by atoms with Gasteiger partial charge in [0.25, 0.3) is 5.56 Å². The highest BCUT2D eigenvalue weighted by atomic mass is 35.5. The number of benzene rings is 2. The summed E-state index contributed by atoms with van der Waals surface area (Å²) in [6.07, 6.45) is 0. The van der Waals surface area contributed by atoms with Crippen LogP contribution in [0.3, 0.4) is 0 Å². The Morgan fingerprint density at radius 3 is 2.58 bits per heavy atom. The number of nitrogens with zero attached hydrogens (tertiary/aromatic N) is 2. The predicted molar refractivity (Wildman–Crippen MR) is 92.1 cm³/mol. The van der Waals surface area contributed by atoms with E-state index in [4.69, 9.17) is 11.6 Å². The maximum Gasteiger partial charge on any atom is 0.296 e. The van der Waals surface area contributed by atoms with Crippen molar-refractivity contribution in [2.45, 2.75) is 0 Å². The van der Waals surface area contributed by atoms with E-state index in [1.165, 1.54) is 6.07 Å². The number of rotatable bonds is 1. The first kappa shape index (κ1) is 14.5. The second kappa shape index (κ2) is 5.21. The summed E-state index contributed by atoms with van der Waals surface area (Å²) in [5.74, 6) is -0.508. The molecular weight excluding hydrogens is 330 g/mol. The normalized spacial score (nSPS) is 11.2. The molecule has 7 heteroatoms. The van der Waals surface area contributed by atoms with Gasteiger partial charge in [-0.25, -0.2) is 0 Å². The van der Waals surface area contributed by atoms with Gasteiger partial charge in [0.1, 0.15) is 10.9 Å². The van der Waals surface area contributed by atoms with Crippen molar-refractivity contribution < 1.29 is 5.11 Å². The van der Waals surface area contributed by atoms with Crippen molar-refractivity contribution in [2.75, 3.05) is 0 Å². The van der Waals surface area contributed by atoms with Crippen molar-refractivity contribution in [1.82, 2.24) is 14.8 Å². The molecule has 2 aromatic heterocycles. The number of H-pyrrole nitrogens is 1. The average molecular weight is 340 g/mol. The Labute approximate surface area is 139 Å². The van der Waals surface area contributed by atoms with E-state index in [1.807, 2.05) is 0 Å². The molecule has 0 atom stereocenters. The van der Waals surface area contributed by atoms with Crippen LogP contribution in [0.25, 0.3) is 27.5 Å². The van der Waals surface area contributed by atoms with Crippen molar-refractivity contribution in [1.29, 1.82) is 0 Å². The first-order valence-corrected chi connectivity index (χ1v) is 7.47. The van der Waals surface area contributed by atoms with Crippen LogP contribution in [0, 0.1) is 0 Å². The van der Waals surface area contributed by atoms with Gasteiger partial charge in [-0.3, -0.25) is 9.59 Å². The second-order valence-corrected chi connectivity index (χ2v) is 5.71. The standard InChI is InChI=1S/C17H10ClN3O3/c18-9-6-7-11-12(8-9)19-14-13(15(11)22)16(23)20-21(17(14)24)10-4-2-1-3-5-10/h1-8H,(H,19,22)(H,20,23). The van der Waals surface area contributed by atoms with E-state index in [1.54, 1.807) is 42.5 Å². The topological polar surface area (TPSA) is 88.0 Å². The van der Waals surface area contributed by atoms with Crippen LogP contribution in [0.15, 0.2) is 58.1 Å². The lowest BCUT2D eigenvalue weighted by Gasteiger charge is -2.08. The molecule has 2 N–H and O–H groups in total. The van der Waals surface area contributed by atoms with Crippen LogP contribution in [-0.2, 0) is 0 Å². The number of fused-ring (bicyclic) bond motifs is 2. The molecule has 2 heterocycles. The first-order valence-electron chi connectivity index (χ1n) is 7.09. The fourth-order valence-electron chi connectivity index (χ4n) is 2.68. The molecule has 4 aromatic rings. The number of aromatic hydroxyl groups is 1. The minimum absolute atomic E-state index is 0.0221. The molecule has 0 aliphatic heterocycles. The Bertz CT molecular complexity index is 1210. The maximum atomic E-state index is 12.7. The number of hydrogen-bond acceptors (Lipinski definition) is 4. The SMILES string of the molecule is O=c1c2ccc(Cl)cc2[nH]c2c(=O)n(-c3ccccc3)nc(O)c12. The zero-order chi connectivity index (χ0) is 16.8. The van der Waals surface area contributed by atoms with E-state index in [0.717, 1.165) is 4.68 Å². The van der Waals surface area contributed by atoms with Gasteiger partial charge in [-0.2, -0.15) is 4.68 Å². The smallest absolute Gasteiger partial charge is 0.296 e. The quantitative estimate of drug-likeness (QED) is 0.522. The van der Waals surface area contributed by atoms with E-state index in [0.29, 0.717) is 21.6 Å². The van der Waals surface area contributed by atoms with Gasteiger partial charge in [0.05, 0.1) is 11.2 Å². The monoisotopic (exact) mass is 339 g/mol. The lowest BCUT2D eigenvalue weighted by atomic mass is 10.1. The average Bonchev–Trinajstić information content (AvgIpc) is 2.58. The van der Waals surface area contributed by atoms with Crippen LogP contribution in [0.1, 0.15) is 0 Å². The predicted octanol–water partition coefficient (Wildman–Crippen LogP) is 2.59. The molecule has 0 saturated carbocycles. The Balaban J connectivity index is 2.19. The number of nitrogens with one attached hydrogen (secondary N) is 1. The Hall–Kier alpha value is -3.12. The second-order valence-electron chi connectivity index (χ2n) is 5.27. The van der Waals surface area contributed by atoms with Crippen LogP contribution < -0.4 is 11.0 Å². The third-order valence-corrected chi connectivity index (χ3v) is 4.02. The molecule has 0 amide bonds. The zero-order valence-corrected chi connectivity index (χ0v) is 12.9. The van der Waals surface area contributed by atoms with Gasteiger partial charge in [0, 0.05) is 10.4 Å². The lowest BCUT2D eigenvalue weighted by molar-refractivity contribution is 0.444. The van der Waals surface area contributed by atoms with Gasteiger partial charge in [0.2, 0.25) is 11.3 Å². The zero-order valence-electron chi connectivity index (χ0n) is 12.2. The van der Waals surface area contributed by atoms with E-state index in [9.17, 15) is 14.7 Å². The van der Waals surface area contributed by atoms with E-state index >= 15 is 0 Å². The molecule has 0 spiro atoms. The summed E-state index contributed by atoms with van der Waals surface area (Å²) >= 11 is 5.95. The summed E-state index contributed by atoms with van der Waals surface area (Å²) < 4.78 is 1.05. The number of para-hydroxylation sites is 1. The fourth-order valence-corrected chi connectivity index (χ4v) is 2.85. The largest absolute Gasteiger partial charge is 0.492 e. The molecule has 2 aromatic carbocycles. The molecule has 0 unspecified atom stereocenters. The highest BCUT2D eigenvalue weighted by molar-refractivity contribution is 6.31. The van der Waals surface area contributed by atoms with Crippen molar-refractivity contribution in [3.8, 4) is 11.6 Å². The van der Waals surface area contributed by atoms with Gasteiger partial charge in [-0.15, -0.1) is 5.10 Å². The van der Waals surface area contributed by atoms with E-state index < -0.39 is 16.9 Å². The number of aromatic nitrogens is 3. The number of halogens is 1. The summed E-state index contributed by atoms with van der Waals surface area (Å²) in [5.41, 5.74) is -0.133. The van der Waals surface area contributed by atoms with Gasteiger partial charge in [-0.1, -0.05) is 29.8 Å². The molecule has 4 rings (SSSR count). The molecule has 118 valence electrons. The van der Waals surface area contributed by atoms with Crippen molar-refractivity contribution in [3.05, 3.63) is 74.1 Å². The van der Waals surface area contributed by atoms with Crippen molar-refractivity contribution in [3.63, 3.8) is 0 Å². The molecular formula is C17H10ClN3O3. The van der Waals surface area contributed by atoms with Crippen LogP contribution in [-0.4, -0.2) is 19.9 Å². The van der Waals surface area contributed by atoms with Crippen LogP contribution in [0.2, 0.25) is 5.02 Å². The van der Waals surface area contributed by atoms with Crippen molar-refractivity contribution in [2.24, 2.45) is 0 Å². The van der Waals surface area contributed by atoms with Gasteiger partial charge >= 0.3 is 0 Å². The van der Waals surface area contributed by atoms with Gasteiger partial charge < -0.3 is 10.1 Å². The fraction of sp³-hybridized carbons (Fsp3) is 0.